The molecular weight excluding hydrogens is 274 g/mol. The van der Waals surface area contributed by atoms with E-state index in [-0.39, 0.29) is 17.9 Å². The lowest BCUT2D eigenvalue weighted by atomic mass is 10.0. The van der Waals surface area contributed by atoms with E-state index in [9.17, 15) is 14.4 Å². The van der Waals surface area contributed by atoms with Gasteiger partial charge in [0.25, 0.3) is 0 Å². The van der Waals surface area contributed by atoms with Crippen molar-refractivity contribution in [2.75, 3.05) is 13.1 Å². The zero-order valence-corrected chi connectivity index (χ0v) is 12.3. The molecule has 21 heavy (non-hydrogen) atoms. The van der Waals surface area contributed by atoms with E-state index in [1.807, 2.05) is 6.92 Å². The predicted octanol–water partition coefficient (Wildman–Crippen LogP) is 0.550. The molecule has 0 aromatic carbocycles. The molecule has 1 aliphatic carbocycles. The van der Waals surface area contributed by atoms with E-state index in [4.69, 9.17) is 5.11 Å². The number of likely N-dealkylation sites (tertiary alicyclic amines) is 1. The number of hydrogen-bond acceptors (Lipinski definition) is 3. The maximum Gasteiger partial charge on any atom is 0.326 e. The van der Waals surface area contributed by atoms with Gasteiger partial charge in [0.15, 0.2) is 0 Å². The number of aliphatic carboxylic acids is 1. The molecule has 7 nitrogen and oxygen atoms in total. The van der Waals surface area contributed by atoms with Gasteiger partial charge in [0.05, 0.1) is 0 Å². The first kappa shape index (κ1) is 15.6. The van der Waals surface area contributed by atoms with Crippen LogP contribution in [0.25, 0.3) is 0 Å². The quantitative estimate of drug-likeness (QED) is 0.623. The van der Waals surface area contributed by atoms with Gasteiger partial charge in [0, 0.05) is 25.6 Å². The molecule has 1 saturated heterocycles. The van der Waals surface area contributed by atoms with Gasteiger partial charge >= 0.3 is 12.0 Å². The van der Waals surface area contributed by atoms with E-state index in [1.165, 1.54) is 4.90 Å². The summed E-state index contributed by atoms with van der Waals surface area (Å²) < 4.78 is 0. The van der Waals surface area contributed by atoms with E-state index in [0.717, 1.165) is 12.8 Å². The Hall–Kier alpha value is -1.79. The molecule has 2 unspecified atom stereocenters. The number of nitrogens with one attached hydrogen (secondary N) is 2. The second kappa shape index (κ2) is 6.78. The van der Waals surface area contributed by atoms with Crippen LogP contribution in [0.15, 0.2) is 0 Å². The molecule has 0 bridgehead atoms. The molecule has 1 aliphatic heterocycles. The number of urea groups is 1. The highest BCUT2D eigenvalue weighted by molar-refractivity contribution is 5.83. The standard InChI is InChI=1S/C14H23N3O4/c1-9-6-8-17(12(9)13(19)20)14(21)15-7-2-3-11(18)16-10-4-5-10/h9-10,12H,2-8H2,1H3,(H,15,21)(H,16,18)(H,19,20). The fourth-order valence-corrected chi connectivity index (χ4v) is 2.62. The largest absolute Gasteiger partial charge is 0.480 e. The summed E-state index contributed by atoms with van der Waals surface area (Å²) in [5.41, 5.74) is 0. The van der Waals surface area contributed by atoms with Gasteiger partial charge in [-0.25, -0.2) is 9.59 Å². The van der Waals surface area contributed by atoms with Gasteiger partial charge in [-0.3, -0.25) is 4.79 Å². The average Bonchev–Trinajstić information content (AvgIpc) is 3.13. The topological polar surface area (TPSA) is 98.7 Å². The van der Waals surface area contributed by atoms with Crippen LogP contribution in [0.1, 0.15) is 39.0 Å². The second-order valence-electron chi connectivity index (χ2n) is 5.92. The number of carbonyl (C=O) groups is 3. The molecule has 2 rings (SSSR count). The summed E-state index contributed by atoms with van der Waals surface area (Å²) in [5.74, 6) is -0.971. The Balaban J connectivity index is 1.66. The smallest absolute Gasteiger partial charge is 0.326 e. The fraction of sp³-hybridized carbons (Fsp3) is 0.786. The monoisotopic (exact) mass is 297 g/mol. The van der Waals surface area contributed by atoms with Gasteiger partial charge < -0.3 is 20.6 Å². The number of carboxylic acids is 1. The molecule has 2 aliphatic rings. The van der Waals surface area contributed by atoms with Gasteiger partial charge in [0.2, 0.25) is 5.91 Å². The first-order valence-electron chi connectivity index (χ1n) is 7.55. The van der Waals surface area contributed by atoms with Crippen LogP contribution in [-0.2, 0) is 9.59 Å². The SMILES string of the molecule is CC1CCN(C(=O)NCCCC(=O)NC2CC2)C1C(=O)O. The van der Waals surface area contributed by atoms with Crippen molar-refractivity contribution in [2.45, 2.75) is 51.1 Å². The van der Waals surface area contributed by atoms with Crippen molar-refractivity contribution in [1.82, 2.24) is 15.5 Å². The normalized spacial score (nSPS) is 24.7. The van der Waals surface area contributed by atoms with Gasteiger partial charge in [0.1, 0.15) is 6.04 Å². The van der Waals surface area contributed by atoms with Gasteiger partial charge in [-0.2, -0.15) is 0 Å². The summed E-state index contributed by atoms with van der Waals surface area (Å²) in [6, 6.07) is -0.744. The molecule has 0 radical (unpaired) electrons. The summed E-state index contributed by atoms with van der Waals surface area (Å²) in [5, 5.41) is 14.7. The summed E-state index contributed by atoms with van der Waals surface area (Å²) in [6.45, 7) is 2.69. The minimum atomic E-state index is -0.959. The Kier molecular flexibility index (Phi) is 5.03. The maximum atomic E-state index is 12.0. The molecule has 3 amide bonds. The van der Waals surface area contributed by atoms with Crippen molar-refractivity contribution >= 4 is 17.9 Å². The Labute approximate surface area is 124 Å². The molecule has 0 aromatic heterocycles. The molecule has 1 heterocycles. The zero-order chi connectivity index (χ0) is 15.4. The van der Waals surface area contributed by atoms with Crippen LogP contribution in [0.5, 0.6) is 0 Å². The van der Waals surface area contributed by atoms with Crippen LogP contribution in [0.2, 0.25) is 0 Å². The third kappa shape index (κ3) is 4.34. The number of rotatable bonds is 6. The number of carbonyl (C=O) groups excluding carboxylic acids is 2. The third-order valence-corrected chi connectivity index (χ3v) is 4.01. The zero-order valence-electron chi connectivity index (χ0n) is 12.3. The number of nitrogens with zero attached hydrogens (tertiary/aromatic N) is 1. The maximum absolute atomic E-state index is 12.0. The lowest BCUT2D eigenvalue weighted by molar-refractivity contribution is -0.142. The highest BCUT2D eigenvalue weighted by Crippen LogP contribution is 2.24. The fourth-order valence-electron chi connectivity index (χ4n) is 2.62. The van der Waals surface area contributed by atoms with Crippen molar-refractivity contribution in [3.63, 3.8) is 0 Å². The molecule has 2 atom stereocenters. The molecule has 2 fully saturated rings. The Morgan fingerprint density at radius 2 is 1.95 bits per heavy atom. The summed E-state index contributed by atoms with van der Waals surface area (Å²) in [6.07, 6.45) is 3.77. The van der Waals surface area contributed by atoms with Crippen LogP contribution in [-0.4, -0.2) is 53.1 Å². The van der Waals surface area contributed by atoms with Gasteiger partial charge in [-0.05, 0) is 31.6 Å². The van der Waals surface area contributed by atoms with E-state index in [1.54, 1.807) is 0 Å². The summed E-state index contributed by atoms with van der Waals surface area (Å²) >= 11 is 0. The Morgan fingerprint density at radius 3 is 2.57 bits per heavy atom. The third-order valence-electron chi connectivity index (χ3n) is 4.01. The minimum Gasteiger partial charge on any atom is -0.480 e. The van der Waals surface area contributed by atoms with Crippen molar-refractivity contribution in [3.8, 4) is 0 Å². The van der Waals surface area contributed by atoms with Crippen molar-refractivity contribution in [1.29, 1.82) is 0 Å². The lowest BCUT2D eigenvalue weighted by Gasteiger charge is -2.23. The van der Waals surface area contributed by atoms with Crippen molar-refractivity contribution < 1.29 is 19.5 Å². The molecule has 1 saturated carbocycles. The van der Waals surface area contributed by atoms with Crippen LogP contribution in [0, 0.1) is 5.92 Å². The highest BCUT2D eigenvalue weighted by Gasteiger charge is 2.39. The molecule has 0 aromatic rings. The molecule has 3 N–H and O–H groups in total. The van der Waals surface area contributed by atoms with Crippen LogP contribution in [0.4, 0.5) is 4.79 Å². The Morgan fingerprint density at radius 1 is 1.24 bits per heavy atom. The first-order valence-corrected chi connectivity index (χ1v) is 7.55. The van der Waals surface area contributed by atoms with E-state index >= 15 is 0 Å². The van der Waals surface area contributed by atoms with Crippen molar-refractivity contribution in [3.05, 3.63) is 0 Å². The van der Waals surface area contributed by atoms with Gasteiger partial charge in [-0.15, -0.1) is 0 Å². The number of carboxylic acid groups (broad SMARTS) is 1. The minimum absolute atomic E-state index is 0.0185. The molecule has 0 spiro atoms. The first-order chi connectivity index (χ1) is 9.99. The molecular formula is C14H23N3O4. The highest BCUT2D eigenvalue weighted by atomic mass is 16.4. The summed E-state index contributed by atoms with van der Waals surface area (Å²) in [7, 11) is 0. The molecule has 118 valence electrons. The van der Waals surface area contributed by atoms with E-state index in [2.05, 4.69) is 10.6 Å². The summed E-state index contributed by atoms with van der Waals surface area (Å²) in [4.78, 5) is 36.0. The number of hydrogen-bond donors (Lipinski definition) is 3. The lowest BCUT2D eigenvalue weighted by Crippen LogP contribution is -2.47. The van der Waals surface area contributed by atoms with E-state index in [0.29, 0.717) is 38.4 Å². The second-order valence-corrected chi connectivity index (χ2v) is 5.92. The number of amides is 3. The average molecular weight is 297 g/mol. The van der Waals surface area contributed by atoms with Crippen LogP contribution in [0.3, 0.4) is 0 Å². The van der Waals surface area contributed by atoms with Crippen LogP contribution >= 0.6 is 0 Å². The predicted molar refractivity (Wildman–Crippen MR) is 75.7 cm³/mol. The van der Waals surface area contributed by atoms with E-state index < -0.39 is 12.0 Å². The Bertz CT molecular complexity index is 422. The van der Waals surface area contributed by atoms with Crippen LogP contribution < -0.4 is 10.6 Å². The van der Waals surface area contributed by atoms with Crippen molar-refractivity contribution in [2.24, 2.45) is 5.92 Å². The molecule has 7 heteroatoms. The van der Waals surface area contributed by atoms with Gasteiger partial charge in [-0.1, -0.05) is 6.92 Å².